The largest absolute Gasteiger partial charge is 0.339 e. The van der Waals surface area contributed by atoms with E-state index in [1.54, 1.807) is 16.7 Å². The fourth-order valence-corrected chi connectivity index (χ4v) is 4.59. The Hall–Kier alpha value is -1.93. The van der Waals surface area contributed by atoms with E-state index in [1.165, 1.54) is 16.9 Å². The first-order valence-corrected chi connectivity index (χ1v) is 10.5. The van der Waals surface area contributed by atoms with Gasteiger partial charge in [-0.3, -0.25) is 9.59 Å². The van der Waals surface area contributed by atoms with Crippen LogP contribution in [0.2, 0.25) is 0 Å². The zero-order valence-corrected chi connectivity index (χ0v) is 16.5. The average molecular weight is 391 g/mol. The molecule has 0 bridgehead atoms. The monoisotopic (exact) mass is 390 g/mol. The lowest BCUT2D eigenvalue weighted by molar-refractivity contribution is -0.129. The number of aromatic nitrogens is 2. The van der Waals surface area contributed by atoms with Crippen molar-refractivity contribution < 1.29 is 9.59 Å². The van der Waals surface area contributed by atoms with E-state index in [0.717, 1.165) is 16.5 Å². The first-order chi connectivity index (χ1) is 12.5. The van der Waals surface area contributed by atoms with Crippen molar-refractivity contribution >= 4 is 40.0 Å². The molecule has 3 rings (SSSR count). The third-order valence-corrected chi connectivity index (χ3v) is 6.22. The molecular formula is C18H22N4O2S2. The molecule has 1 N–H and O–H groups in total. The summed E-state index contributed by atoms with van der Waals surface area (Å²) in [5.74, 6) is 1.24. The molecule has 1 aromatic heterocycles. The predicted molar refractivity (Wildman–Crippen MR) is 105 cm³/mol. The second-order valence-electron chi connectivity index (χ2n) is 6.51. The van der Waals surface area contributed by atoms with E-state index in [-0.39, 0.29) is 30.2 Å². The van der Waals surface area contributed by atoms with Crippen LogP contribution in [-0.2, 0) is 21.1 Å². The number of carbonyl (C=O) groups is 2. The summed E-state index contributed by atoms with van der Waals surface area (Å²) >= 11 is 3.15. The summed E-state index contributed by atoms with van der Waals surface area (Å²) in [5.41, 5.74) is 1.27. The van der Waals surface area contributed by atoms with Crippen LogP contribution in [0.5, 0.6) is 0 Å². The van der Waals surface area contributed by atoms with Crippen LogP contribution in [0.15, 0.2) is 30.3 Å². The highest BCUT2D eigenvalue weighted by atomic mass is 32.2. The number of nitrogens with one attached hydrogen (secondary N) is 1. The third-order valence-electron chi connectivity index (χ3n) is 4.19. The molecule has 1 aliphatic rings. The van der Waals surface area contributed by atoms with Gasteiger partial charge in [-0.25, -0.2) is 0 Å². The molecule has 0 radical (unpaired) electrons. The first-order valence-electron chi connectivity index (χ1n) is 8.57. The van der Waals surface area contributed by atoms with E-state index in [0.29, 0.717) is 11.7 Å². The number of anilines is 1. The Morgan fingerprint density at radius 1 is 1.31 bits per heavy atom. The number of thioether (sulfide) groups is 1. The van der Waals surface area contributed by atoms with Gasteiger partial charge in [0, 0.05) is 30.5 Å². The van der Waals surface area contributed by atoms with Gasteiger partial charge in [0.25, 0.3) is 0 Å². The van der Waals surface area contributed by atoms with E-state index >= 15 is 0 Å². The number of benzene rings is 1. The second-order valence-corrected chi connectivity index (χ2v) is 8.56. The highest BCUT2D eigenvalue weighted by Crippen LogP contribution is 2.25. The van der Waals surface area contributed by atoms with Gasteiger partial charge in [-0.05, 0) is 19.4 Å². The normalized spacial score (nSPS) is 17.1. The van der Waals surface area contributed by atoms with Gasteiger partial charge in [0.15, 0.2) is 0 Å². The number of hydrogen-bond acceptors (Lipinski definition) is 6. The zero-order chi connectivity index (χ0) is 18.5. The number of rotatable bonds is 7. The molecule has 0 aliphatic carbocycles. The highest BCUT2D eigenvalue weighted by Gasteiger charge is 2.35. The fourth-order valence-electron chi connectivity index (χ4n) is 2.81. The Kier molecular flexibility index (Phi) is 6.26. The Morgan fingerprint density at radius 3 is 2.77 bits per heavy atom. The number of nitrogens with zero attached hydrogens (tertiary/aromatic N) is 3. The second kappa shape index (κ2) is 8.64. The van der Waals surface area contributed by atoms with Crippen molar-refractivity contribution in [2.75, 3.05) is 11.9 Å². The van der Waals surface area contributed by atoms with Crippen LogP contribution in [0, 0.1) is 5.92 Å². The van der Waals surface area contributed by atoms with Crippen LogP contribution in [0.25, 0.3) is 0 Å². The van der Waals surface area contributed by atoms with Crippen molar-refractivity contribution in [1.29, 1.82) is 0 Å². The predicted octanol–water partition coefficient (Wildman–Crippen LogP) is 3.17. The summed E-state index contributed by atoms with van der Waals surface area (Å²) in [6.07, 6.45) is 0.266. The molecule has 1 saturated heterocycles. The molecule has 8 heteroatoms. The van der Waals surface area contributed by atoms with Gasteiger partial charge < -0.3 is 10.2 Å². The molecule has 0 spiro atoms. The Balaban J connectivity index is 1.47. The average Bonchev–Trinajstić information content (AvgIpc) is 3.22. The lowest BCUT2D eigenvalue weighted by Crippen LogP contribution is -2.33. The van der Waals surface area contributed by atoms with Crippen LogP contribution < -0.4 is 5.32 Å². The van der Waals surface area contributed by atoms with E-state index < -0.39 is 0 Å². The summed E-state index contributed by atoms with van der Waals surface area (Å²) < 4.78 is 0. The van der Waals surface area contributed by atoms with Gasteiger partial charge in [-0.15, -0.1) is 22.0 Å². The SMILES string of the molecule is CC(C)N1C[C@H](C(=O)Nc2nnc(CSCc3ccccc3)s2)CC1=O. The van der Waals surface area contributed by atoms with Crippen molar-refractivity contribution in [2.24, 2.45) is 5.92 Å². The minimum atomic E-state index is -0.315. The Morgan fingerprint density at radius 2 is 2.08 bits per heavy atom. The lowest BCUT2D eigenvalue weighted by atomic mass is 10.1. The molecule has 138 valence electrons. The zero-order valence-electron chi connectivity index (χ0n) is 14.8. The van der Waals surface area contributed by atoms with Crippen LogP contribution in [0.3, 0.4) is 0 Å². The topological polar surface area (TPSA) is 75.2 Å². The van der Waals surface area contributed by atoms with Gasteiger partial charge >= 0.3 is 0 Å². The van der Waals surface area contributed by atoms with Crippen LogP contribution >= 0.6 is 23.1 Å². The van der Waals surface area contributed by atoms with E-state index in [2.05, 4.69) is 27.6 Å². The molecule has 6 nitrogen and oxygen atoms in total. The Labute approximate surface area is 161 Å². The van der Waals surface area contributed by atoms with Crippen LogP contribution in [0.4, 0.5) is 5.13 Å². The van der Waals surface area contributed by atoms with Crippen molar-refractivity contribution in [1.82, 2.24) is 15.1 Å². The summed E-state index contributed by atoms with van der Waals surface area (Å²) in [5, 5.41) is 12.4. The standard InChI is InChI=1S/C18H22N4O2S2/c1-12(2)22-9-14(8-16(22)23)17(24)19-18-21-20-15(26-18)11-25-10-13-6-4-3-5-7-13/h3-7,12,14H,8-11H2,1-2H3,(H,19,21,24)/t14-/m1/s1. The maximum atomic E-state index is 12.4. The maximum Gasteiger partial charge on any atom is 0.231 e. The van der Waals surface area contributed by atoms with Gasteiger partial charge in [-0.1, -0.05) is 41.7 Å². The quantitative estimate of drug-likeness (QED) is 0.786. The molecule has 2 aromatic rings. The molecule has 1 aliphatic heterocycles. The summed E-state index contributed by atoms with van der Waals surface area (Å²) in [6.45, 7) is 4.39. The number of amides is 2. The molecule has 1 fully saturated rings. The number of hydrogen-bond donors (Lipinski definition) is 1. The highest BCUT2D eigenvalue weighted by molar-refractivity contribution is 7.97. The third kappa shape index (κ3) is 4.82. The first kappa shape index (κ1) is 18.8. The lowest BCUT2D eigenvalue weighted by Gasteiger charge is -2.20. The maximum absolute atomic E-state index is 12.4. The summed E-state index contributed by atoms with van der Waals surface area (Å²) in [4.78, 5) is 26.1. The number of likely N-dealkylation sites (tertiary alicyclic amines) is 1. The van der Waals surface area contributed by atoms with Gasteiger partial charge in [0.2, 0.25) is 16.9 Å². The minimum Gasteiger partial charge on any atom is -0.339 e. The molecule has 0 saturated carbocycles. The van der Waals surface area contributed by atoms with Gasteiger partial charge in [-0.2, -0.15) is 0 Å². The van der Waals surface area contributed by atoms with E-state index in [1.807, 2.05) is 32.0 Å². The number of carbonyl (C=O) groups excluding carboxylic acids is 2. The van der Waals surface area contributed by atoms with Gasteiger partial charge in [0.1, 0.15) is 5.01 Å². The Bertz CT molecular complexity index is 764. The minimum absolute atomic E-state index is 0.0374. The van der Waals surface area contributed by atoms with Crippen molar-refractivity contribution in [3.8, 4) is 0 Å². The molecule has 2 amide bonds. The summed E-state index contributed by atoms with van der Waals surface area (Å²) in [7, 11) is 0. The molecule has 26 heavy (non-hydrogen) atoms. The molecule has 0 unspecified atom stereocenters. The van der Waals surface area contributed by atoms with Crippen LogP contribution in [-0.4, -0.2) is 39.5 Å². The van der Waals surface area contributed by atoms with Gasteiger partial charge in [0.05, 0.1) is 5.92 Å². The van der Waals surface area contributed by atoms with Crippen molar-refractivity contribution in [3.63, 3.8) is 0 Å². The smallest absolute Gasteiger partial charge is 0.231 e. The van der Waals surface area contributed by atoms with Crippen molar-refractivity contribution in [2.45, 2.75) is 37.8 Å². The fraction of sp³-hybridized carbons (Fsp3) is 0.444. The molecular weight excluding hydrogens is 368 g/mol. The van der Waals surface area contributed by atoms with E-state index in [4.69, 9.17) is 0 Å². The van der Waals surface area contributed by atoms with Crippen LogP contribution in [0.1, 0.15) is 30.8 Å². The molecule has 1 atom stereocenters. The molecule has 1 aromatic carbocycles. The molecule has 2 heterocycles. The van der Waals surface area contributed by atoms with Crippen molar-refractivity contribution in [3.05, 3.63) is 40.9 Å². The van der Waals surface area contributed by atoms with E-state index in [9.17, 15) is 9.59 Å². The summed E-state index contributed by atoms with van der Waals surface area (Å²) in [6, 6.07) is 10.4.